The maximum Gasteiger partial charge on any atom is 0.162 e. The Labute approximate surface area is 116 Å². The fourth-order valence-corrected chi connectivity index (χ4v) is 1.97. The van der Waals surface area contributed by atoms with Gasteiger partial charge in [0.1, 0.15) is 0 Å². The van der Waals surface area contributed by atoms with Crippen molar-refractivity contribution in [2.24, 2.45) is 5.73 Å². The van der Waals surface area contributed by atoms with E-state index in [0.717, 1.165) is 10.0 Å². The molecule has 0 aliphatic carbocycles. The van der Waals surface area contributed by atoms with Crippen LogP contribution in [-0.2, 0) is 0 Å². The second-order valence-electron chi connectivity index (χ2n) is 3.81. The number of hydrogen-bond acceptors (Lipinski definition) is 3. The zero-order chi connectivity index (χ0) is 12.3. The zero-order valence-electron chi connectivity index (χ0n) is 9.87. The molecule has 0 heterocycles. The molecule has 5 heteroatoms. The first-order valence-corrected chi connectivity index (χ1v) is 5.71. The smallest absolute Gasteiger partial charge is 0.162 e. The summed E-state index contributed by atoms with van der Waals surface area (Å²) in [6.45, 7) is 5.72. The average Bonchev–Trinajstić information content (AvgIpc) is 2.19. The molecular formula is C12H17BrClNO2. The van der Waals surface area contributed by atoms with Gasteiger partial charge < -0.3 is 15.6 Å². The highest BCUT2D eigenvalue weighted by molar-refractivity contribution is 9.10. The van der Waals surface area contributed by atoms with E-state index in [1.807, 2.05) is 6.92 Å². The summed E-state index contributed by atoms with van der Waals surface area (Å²) in [4.78, 5) is 0. The zero-order valence-corrected chi connectivity index (χ0v) is 12.3. The molecule has 0 amide bonds. The van der Waals surface area contributed by atoms with Gasteiger partial charge in [-0.3, -0.25) is 0 Å². The molecule has 0 bridgehead atoms. The molecule has 96 valence electrons. The summed E-state index contributed by atoms with van der Waals surface area (Å²) in [6, 6.07) is 3.22. The van der Waals surface area contributed by atoms with Crippen LogP contribution < -0.4 is 10.5 Å². The monoisotopic (exact) mass is 321 g/mol. The van der Waals surface area contributed by atoms with Gasteiger partial charge in [-0.25, -0.2) is 0 Å². The van der Waals surface area contributed by atoms with Gasteiger partial charge in [-0.05, 0) is 25.5 Å². The first-order valence-electron chi connectivity index (χ1n) is 4.92. The molecule has 1 atom stereocenters. The molecule has 0 fully saturated rings. The summed E-state index contributed by atoms with van der Waals surface area (Å²) in [5, 5.41) is 9.94. The van der Waals surface area contributed by atoms with E-state index < -0.39 is 0 Å². The van der Waals surface area contributed by atoms with E-state index in [1.165, 1.54) is 7.11 Å². The summed E-state index contributed by atoms with van der Waals surface area (Å²) in [5.41, 5.74) is 7.63. The third kappa shape index (κ3) is 4.22. The molecule has 0 radical (unpaired) electrons. The number of benzene rings is 1. The summed E-state index contributed by atoms with van der Waals surface area (Å²) in [5.74, 6) is 0.515. The van der Waals surface area contributed by atoms with Crippen LogP contribution in [0.2, 0.25) is 0 Å². The average molecular weight is 323 g/mol. The number of rotatable bonds is 4. The van der Waals surface area contributed by atoms with Gasteiger partial charge >= 0.3 is 0 Å². The molecule has 0 aliphatic heterocycles. The van der Waals surface area contributed by atoms with Crippen molar-refractivity contribution in [3.8, 4) is 11.5 Å². The van der Waals surface area contributed by atoms with Gasteiger partial charge in [-0.2, -0.15) is 0 Å². The molecule has 17 heavy (non-hydrogen) atoms. The van der Waals surface area contributed by atoms with Crippen LogP contribution in [0.4, 0.5) is 0 Å². The third-order valence-electron chi connectivity index (χ3n) is 2.26. The van der Waals surface area contributed by atoms with E-state index in [4.69, 9.17) is 10.5 Å². The summed E-state index contributed by atoms with van der Waals surface area (Å²) >= 11 is 3.35. The summed E-state index contributed by atoms with van der Waals surface area (Å²) < 4.78 is 5.89. The Bertz CT molecular complexity index is 410. The van der Waals surface area contributed by atoms with Crippen LogP contribution in [0.25, 0.3) is 0 Å². The maximum absolute atomic E-state index is 9.94. The van der Waals surface area contributed by atoms with Crippen LogP contribution in [0, 0.1) is 0 Å². The molecule has 3 nitrogen and oxygen atoms in total. The number of methoxy groups -OCH3 is 1. The molecule has 1 aromatic rings. The van der Waals surface area contributed by atoms with E-state index in [9.17, 15) is 5.11 Å². The first-order chi connectivity index (χ1) is 7.45. The second kappa shape index (κ2) is 6.89. The van der Waals surface area contributed by atoms with E-state index >= 15 is 0 Å². The van der Waals surface area contributed by atoms with Gasteiger partial charge in [0.2, 0.25) is 0 Å². The lowest BCUT2D eigenvalue weighted by molar-refractivity contribution is 0.368. The van der Waals surface area contributed by atoms with E-state index in [1.54, 1.807) is 12.1 Å². The van der Waals surface area contributed by atoms with Gasteiger partial charge in [-0.15, -0.1) is 19.0 Å². The lowest BCUT2D eigenvalue weighted by Crippen LogP contribution is -2.11. The van der Waals surface area contributed by atoms with Crippen molar-refractivity contribution in [3.05, 3.63) is 34.3 Å². The first kappa shape index (κ1) is 16.3. The SMILES string of the molecule is C=C(C)C[C@H](N)c1cc(Br)cc(OC)c1O.Cl. The van der Waals surface area contributed by atoms with Crippen LogP contribution in [0.3, 0.4) is 0 Å². The third-order valence-corrected chi connectivity index (χ3v) is 2.71. The van der Waals surface area contributed by atoms with Crippen molar-refractivity contribution >= 4 is 28.3 Å². The largest absolute Gasteiger partial charge is 0.504 e. The Kier molecular flexibility index (Phi) is 6.60. The van der Waals surface area contributed by atoms with Crippen LogP contribution in [-0.4, -0.2) is 12.2 Å². The number of nitrogens with two attached hydrogens (primary N) is 1. The minimum atomic E-state index is -0.274. The fraction of sp³-hybridized carbons (Fsp3) is 0.333. The van der Waals surface area contributed by atoms with Crippen molar-refractivity contribution in [1.82, 2.24) is 0 Å². The second-order valence-corrected chi connectivity index (χ2v) is 4.73. The minimum absolute atomic E-state index is 0. The molecular weight excluding hydrogens is 305 g/mol. The Hall–Kier alpha value is -0.710. The van der Waals surface area contributed by atoms with Gasteiger partial charge in [0.25, 0.3) is 0 Å². The van der Waals surface area contributed by atoms with Crippen LogP contribution in [0.1, 0.15) is 24.9 Å². The molecule has 3 N–H and O–H groups in total. The Morgan fingerprint density at radius 3 is 2.65 bits per heavy atom. The molecule has 0 saturated carbocycles. The Morgan fingerprint density at radius 2 is 2.18 bits per heavy atom. The van der Waals surface area contributed by atoms with Gasteiger partial charge in [-0.1, -0.05) is 21.5 Å². The predicted octanol–water partition coefficient (Wildman–Crippen LogP) is 3.55. The normalized spacial score (nSPS) is 11.5. The number of aromatic hydroxyl groups is 1. The number of phenolic OH excluding ortho intramolecular Hbond substituents is 1. The summed E-state index contributed by atoms with van der Waals surface area (Å²) in [7, 11) is 1.51. The quantitative estimate of drug-likeness (QED) is 0.834. The van der Waals surface area contributed by atoms with Crippen LogP contribution >= 0.6 is 28.3 Å². The highest BCUT2D eigenvalue weighted by atomic mass is 79.9. The predicted molar refractivity (Wildman–Crippen MR) is 76.0 cm³/mol. The minimum Gasteiger partial charge on any atom is -0.504 e. The number of phenols is 1. The Morgan fingerprint density at radius 1 is 1.59 bits per heavy atom. The maximum atomic E-state index is 9.94. The van der Waals surface area contributed by atoms with Crippen molar-refractivity contribution < 1.29 is 9.84 Å². The lowest BCUT2D eigenvalue weighted by atomic mass is 10.00. The molecule has 0 saturated heterocycles. The van der Waals surface area contributed by atoms with Crippen LogP contribution in [0.5, 0.6) is 11.5 Å². The molecule has 1 aromatic carbocycles. The number of hydrogen-bond donors (Lipinski definition) is 2. The highest BCUT2D eigenvalue weighted by Crippen LogP contribution is 2.37. The molecule has 0 aliphatic rings. The van der Waals surface area contributed by atoms with Crippen molar-refractivity contribution in [2.75, 3.05) is 7.11 Å². The molecule has 0 spiro atoms. The molecule has 0 aromatic heterocycles. The highest BCUT2D eigenvalue weighted by Gasteiger charge is 2.15. The topological polar surface area (TPSA) is 55.5 Å². The van der Waals surface area contributed by atoms with Gasteiger partial charge in [0.05, 0.1) is 7.11 Å². The van der Waals surface area contributed by atoms with Crippen LogP contribution in [0.15, 0.2) is 28.8 Å². The van der Waals surface area contributed by atoms with Crippen molar-refractivity contribution in [2.45, 2.75) is 19.4 Å². The fourth-order valence-electron chi connectivity index (χ4n) is 1.52. The number of ether oxygens (including phenoxy) is 1. The lowest BCUT2D eigenvalue weighted by Gasteiger charge is -2.16. The van der Waals surface area contributed by atoms with Gasteiger partial charge in [0, 0.05) is 16.1 Å². The molecule has 0 unspecified atom stereocenters. The van der Waals surface area contributed by atoms with E-state index in [0.29, 0.717) is 17.7 Å². The standard InChI is InChI=1S/C12H16BrNO2.ClH/c1-7(2)4-10(14)9-5-8(13)6-11(16-3)12(9)15;/h5-6,10,15H,1,4,14H2,2-3H3;1H/t10-;/m0./s1. The van der Waals surface area contributed by atoms with E-state index in [-0.39, 0.29) is 24.2 Å². The Balaban J connectivity index is 0.00000256. The van der Waals surface area contributed by atoms with E-state index in [2.05, 4.69) is 22.5 Å². The summed E-state index contributed by atoms with van der Waals surface area (Å²) in [6.07, 6.45) is 0.632. The van der Waals surface area contributed by atoms with Gasteiger partial charge in [0.15, 0.2) is 11.5 Å². The van der Waals surface area contributed by atoms with Crippen molar-refractivity contribution in [1.29, 1.82) is 0 Å². The molecule has 1 rings (SSSR count). The van der Waals surface area contributed by atoms with Crippen molar-refractivity contribution in [3.63, 3.8) is 0 Å². The number of halogens is 2.